The van der Waals surface area contributed by atoms with Crippen molar-refractivity contribution in [2.45, 2.75) is 18.4 Å². The number of hydrogen-bond acceptors (Lipinski definition) is 6. The van der Waals surface area contributed by atoms with E-state index >= 15 is 0 Å². The van der Waals surface area contributed by atoms with Crippen molar-refractivity contribution in [3.8, 4) is 11.5 Å². The molecule has 2 aliphatic rings. The molecule has 0 spiro atoms. The van der Waals surface area contributed by atoms with Gasteiger partial charge in [0.2, 0.25) is 0 Å². The van der Waals surface area contributed by atoms with Gasteiger partial charge in [-0.15, -0.1) is 0 Å². The van der Waals surface area contributed by atoms with Crippen LogP contribution in [0.25, 0.3) is 0 Å². The van der Waals surface area contributed by atoms with Gasteiger partial charge in [-0.2, -0.15) is 0 Å². The Morgan fingerprint density at radius 1 is 1.07 bits per heavy atom. The molecule has 0 radical (unpaired) electrons. The van der Waals surface area contributed by atoms with Crippen molar-refractivity contribution in [3.63, 3.8) is 0 Å². The van der Waals surface area contributed by atoms with E-state index in [1.165, 1.54) is 12.7 Å². The fourth-order valence-electron chi connectivity index (χ4n) is 4.32. The summed E-state index contributed by atoms with van der Waals surface area (Å²) < 4.78 is 15.9. The van der Waals surface area contributed by atoms with Gasteiger partial charge in [0.05, 0.1) is 38.6 Å². The maximum atomic E-state index is 11.8. The van der Waals surface area contributed by atoms with Crippen LogP contribution >= 0.6 is 0 Å². The Morgan fingerprint density at radius 3 is 2.41 bits per heavy atom. The molecule has 1 fully saturated rings. The van der Waals surface area contributed by atoms with E-state index in [0.29, 0.717) is 17.2 Å². The zero-order chi connectivity index (χ0) is 20.5. The lowest BCUT2D eigenvalue weighted by atomic mass is 9.79. The van der Waals surface area contributed by atoms with E-state index in [1.54, 1.807) is 26.4 Å². The van der Waals surface area contributed by atoms with Gasteiger partial charge in [0.15, 0.2) is 11.5 Å². The summed E-state index contributed by atoms with van der Waals surface area (Å²) in [4.78, 5) is 19.3. The fraction of sp³-hybridized carbons (Fsp3) is 0.391. The van der Waals surface area contributed by atoms with Gasteiger partial charge in [0.1, 0.15) is 0 Å². The molecule has 0 aromatic heterocycles. The van der Waals surface area contributed by atoms with Gasteiger partial charge in [-0.05, 0) is 49.8 Å². The summed E-state index contributed by atoms with van der Waals surface area (Å²) >= 11 is 0. The van der Waals surface area contributed by atoms with Gasteiger partial charge in [-0.1, -0.05) is 12.1 Å². The van der Waals surface area contributed by atoms with Crippen LogP contribution in [0.15, 0.2) is 41.4 Å². The highest BCUT2D eigenvalue weighted by molar-refractivity contribution is 6.15. The van der Waals surface area contributed by atoms with Crippen LogP contribution in [-0.4, -0.2) is 64.1 Å². The third-order valence-electron chi connectivity index (χ3n) is 5.86. The van der Waals surface area contributed by atoms with Crippen LogP contribution in [0, 0.1) is 0 Å². The Balaban J connectivity index is 1.83. The summed E-state index contributed by atoms with van der Waals surface area (Å²) in [5.74, 6) is 1.40. The number of hydrogen-bond donors (Lipinski definition) is 0. The predicted molar refractivity (Wildman–Crippen MR) is 112 cm³/mol. The summed E-state index contributed by atoms with van der Waals surface area (Å²) in [6.45, 7) is 1.99. The van der Waals surface area contributed by atoms with E-state index in [-0.39, 0.29) is 12.0 Å². The van der Waals surface area contributed by atoms with Crippen LogP contribution in [0.4, 0.5) is 0 Å². The molecule has 1 saturated heterocycles. The minimum Gasteiger partial charge on any atom is -0.493 e. The van der Waals surface area contributed by atoms with Crippen molar-refractivity contribution in [3.05, 3.63) is 58.7 Å². The van der Waals surface area contributed by atoms with Gasteiger partial charge in [0, 0.05) is 23.6 Å². The molecular formula is C23H26N2O4. The highest BCUT2D eigenvalue weighted by Gasteiger charge is 2.36. The smallest absolute Gasteiger partial charge is 0.337 e. The number of esters is 1. The van der Waals surface area contributed by atoms with Crippen molar-refractivity contribution in [1.29, 1.82) is 0 Å². The molecule has 2 aromatic carbocycles. The third-order valence-corrected chi connectivity index (χ3v) is 5.86. The average molecular weight is 394 g/mol. The first-order valence-electron chi connectivity index (χ1n) is 9.77. The van der Waals surface area contributed by atoms with Crippen LogP contribution in [0.2, 0.25) is 0 Å². The Morgan fingerprint density at radius 2 is 1.76 bits per heavy atom. The van der Waals surface area contributed by atoms with E-state index in [0.717, 1.165) is 42.1 Å². The Labute approximate surface area is 171 Å². The number of fused-ring (bicyclic) bond motifs is 3. The molecule has 29 heavy (non-hydrogen) atoms. The minimum atomic E-state index is -0.343. The van der Waals surface area contributed by atoms with Crippen molar-refractivity contribution < 1.29 is 19.0 Å². The molecule has 2 unspecified atom stereocenters. The molecule has 0 aliphatic carbocycles. The molecule has 6 heteroatoms. The fourth-order valence-corrected chi connectivity index (χ4v) is 4.32. The number of benzene rings is 2. The van der Waals surface area contributed by atoms with Crippen molar-refractivity contribution in [2.75, 3.05) is 41.5 Å². The van der Waals surface area contributed by atoms with Gasteiger partial charge in [-0.3, -0.25) is 4.99 Å². The SMILES string of the molecule is COC(=O)c1ccc(C2=NC3CCN(C)CC3c3cc(OC)c(OC)cc32)cc1. The number of likely N-dealkylation sites (tertiary alicyclic amines) is 1. The predicted octanol–water partition coefficient (Wildman–Crippen LogP) is 3.13. The molecule has 4 rings (SSSR count). The number of carbonyl (C=O) groups is 1. The number of ether oxygens (including phenoxy) is 3. The molecule has 2 atom stereocenters. The van der Waals surface area contributed by atoms with Crippen LogP contribution in [0.3, 0.4) is 0 Å². The molecule has 0 saturated carbocycles. The second-order valence-corrected chi connectivity index (χ2v) is 7.57. The molecule has 2 aromatic rings. The molecule has 2 heterocycles. The maximum absolute atomic E-state index is 11.8. The topological polar surface area (TPSA) is 60.4 Å². The van der Waals surface area contributed by atoms with Crippen LogP contribution < -0.4 is 9.47 Å². The van der Waals surface area contributed by atoms with Gasteiger partial charge in [0.25, 0.3) is 0 Å². The highest BCUT2D eigenvalue weighted by Crippen LogP contribution is 2.42. The monoisotopic (exact) mass is 394 g/mol. The Hall–Kier alpha value is -2.86. The summed E-state index contributed by atoms with van der Waals surface area (Å²) in [6.07, 6.45) is 1.01. The first kappa shape index (κ1) is 19.5. The maximum Gasteiger partial charge on any atom is 0.337 e. The van der Waals surface area contributed by atoms with Crippen LogP contribution in [0.1, 0.15) is 39.4 Å². The lowest BCUT2D eigenvalue weighted by Crippen LogP contribution is -2.41. The molecule has 2 aliphatic heterocycles. The molecule has 6 nitrogen and oxygen atoms in total. The van der Waals surface area contributed by atoms with Crippen LogP contribution in [0.5, 0.6) is 11.5 Å². The summed E-state index contributed by atoms with van der Waals surface area (Å²) in [6, 6.07) is 11.8. The van der Waals surface area contributed by atoms with Crippen molar-refractivity contribution in [1.82, 2.24) is 4.90 Å². The van der Waals surface area contributed by atoms with Gasteiger partial charge < -0.3 is 19.1 Å². The molecule has 0 amide bonds. The second-order valence-electron chi connectivity index (χ2n) is 7.57. The molecular weight excluding hydrogens is 368 g/mol. The van der Waals surface area contributed by atoms with Crippen molar-refractivity contribution in [2.24, 2.45) is 4.99 Å². The number of methoxy groups -OCH3 is 3. The molecule has 152 valence electrons. The number of likely N-dealkylation sites (N-methyl/N-ethyl adjacent to an activating group) is 1. The van der Waals surface area contributed by atoms with E-state index in [4.69, 9.17) is 19.2 Å². The third kappa shape index (κ3) is 3.49. The normalized spacial score (nSPS) is 20.9. The zero-order valence-corrected chi connectivity index (χ0v) is 17.3. The van der Waals surface area contributed by atoms with E-state index in [9.17, 15) is 4.79 Å². The lowest BCUT2D eigenvalue weighted by molar-refractivity contribution is 0.0600. The van der Waals surface area contributed by atoms with E-state index < -0.39 is 0 Å². The van der Waals surface area contributed by atoms with E-state index in [2.05, 4.69) is 18.0 Å². The number of nitrogens with zero attached hydrogens (tertiary/aromatic N) is 2. The summed E-state index contributed by atoms with van der Waals surface area (Å²) in [5.41, 5.74) is 4.73. The van der Waals surface area contributed by atoms with Gasteiger partial charge in [-0.25, -0.2) is 4.79 Å². The standard InChI is InChI=1S/C23H26N2O4/c1-25-10-9-19-18(13-25)16-11-20(27-2)21(28-3)12-17(16)22(24-19)14-5-7-15(8-6-14)23(26)29-4/h5-8,11-12,18-19H,9-10,13H2,1-4H3. The second kappa shape index (κ2) is 7.87. The number of aliphatic imine (C=N–C) groups is 1. The Kier molecular flexibility index (Phi) is 5.28. The first-order valence-corrected chi connectivity index (χ1v) is 9.77. The summed E-state index contributed by atoms with van der Waals surface area (Å²) in [5, 5.41) is 0. The quantitative estimate of drug-likeness (QED) is 0.746. The first-order chi connectivity index (χ1) is 14.0. The van der Waals surface area contributed by atoms with Crippen molar-refractivity contribution >= 4 is 11.7 Å². The Bertz CT molecular complexity index is 952. The average Bonchev–Trinajstić information content (AvgIpc) is 2.77. The molecule has 0 bridgehead atoms. The number of carbonyl (C=O) groups excluding carboxylic acids is 1. The van der Waals surface area contributed by atoms with E-state index in [1.807, 2.05) is 18.2 Å². The highest BCUT2D eigenvalue weighted by atomic mass is 16.5. The lowest BCUT2D eigenvalue weighted by Gasteiger charge is -2.39. The van der Waals surface area contributed by atoms with Crippen LogP contribution in [-0.2, 0) is 4.74 Å². The van der Waals surface area contributed by atoms with Gasteiger partial charge >= 0.3 is 5.97 Å². The molecule has 0 N–H and O–H groups in total. The largest absolute Gasteiger partial charge is 0.493 e. The number of rotatable bonds is 4. The zero-order valence-electron chi connectivity index (χ0n) is 17.3. The summed E-state index contributed by atoms with van der Waals surface area (Å²) in [7, 11) is 6.85. The minimum absolute atomic E-state index is 0.229. The number of piperidine rings is 1.